The minimum Gasteiger partial charge on any atom is -0.355 e. The molecule has 1 aliphatic rings. The topological polar surface area (TPSA) is 46.9 Å². The average molecular weight is 361 g/mol. The third-order valence-corrected chi connectivity index (χ3v) is 5.54. The van der Waals surface area contributed by atoms with Gasteiger partial charge < -0.3 is 9.88 Å². The summed E-state index contributed by atoms with van der Waals surface area (Å²) in [6.07, 6.45) is 6.47. The highest BCUT2D eigenvalue weighted by Gasteiger charge is 2.20. The first kappa shape index (κ1) is 17.8. The van der Waals surface area contributed by atoms with Crippen LogP contribution in [-0.2, 0) is 17.8 Å². The minimum atomic E-state index is 0.210. The van der Waals surface area contributed by atoms with Crippen LogP contribution in [0.2, 0.25) is 0 Å². The highest BCUT2D eigenvalue weighted by Crippen LogP contribution is 2.23. The molecule has 1 aromatic heterocycles. The molecule has 1 saturated carbocycles. The predicted octanol–water partition coefficient (Wildman–Crippen LogP) is 4.32. The fraction of sp³-hybridized carbons (Fsp3) is 0.391. The van der Waals surface area contributed by atoms with Crippen LogP contribution < -0.4 is 5.32 Å². The van der Waals surface area contributed by atoms with Crippen LogP contribution in [0.3, 0.4) is 0 Å². The second kappa shape index (κ2) is 8.38. The number of amides is 1. The Morgan fingerprint density at radius 3 is 2.56 bits per heavy atom. The molecule has 4 rings (SSSR count). The monoisotopic (exact) mass is 361 g/mol. The number of nitrogens with one attached hydrogen (secondary N) is 1. The van der Waals surface area contributed by atoms with Crippen molar-refractivity contribution in [1.29, 1.82) is 0 Å². The lowest BCUT2D eigenvalue weighted by atomic mass is 9.89. The lowest BCUT2D eigenvalue weighted by Gasteiger charge is -2.20. The first-order valence-electron chi connectivity index (χ1n) is 10.1. The highest BCUT2D eigenvalue weighted by molar-refractivity contribution is 5.79. The van der Waals surface area contributed by atoms with Crippen LogP contribution in [0.1, 0.15) is 43.5 Å². The molecule has 3 aromatic rings. The summed E-state index contributed by atoms with van der Waals surface area (Å²) in [5.41, 5.74) is 3.42. The second-order valence-corrected chi connectivity index (χ2v) is 7.46. The fourth-order valence-electron chi connectivity index (χ4n) is 4.07. The number of nitrogens with zero attached hydrogens (tertiary/aromatic N) is 2. The van der Waals surface area contributed by atoms with Crippen LogP contribution in [0.15, 0.2) is 54.6 Å². The Morgan fingerprint density at radius 2 is 1.74 bits per heavy atom. The van der Waals surface area contributed by atoms with Crippen LogP contribution in [-0.4, -0.2) is 22.0 Å². The molecule has 2 aromatic carbocycles. The molecule has 0 spiro atoms. The zero-order valence-corrected chi connectivity index (χ0v) is 15.7. The normalized spacial score (nSPS) is 15.1. The molecule has 1 aliphatic carbocycles. The Labute approximate surface area is 160 Å². The van der Waals surface area contributed by atoms with Crippen molar-refractivity contribution >= 4 is 16.9 Å². The zero-order chi connectivity index (χ0) is 18.5. The van der Waals surface area contributed by atoms with Crippen molar-refractivity contribution in [3.8, 4) is 0 Å². The Hall–Kier alpha value is -2.62. The van der Waals surface area contributed by atoms with Gasteiger partial charge in [-0.2, -0.15) is 0 Å². The van der Waals surface area contributed by atoms with Crippen LogP contribution in [0, 0.1) is 5.92 Å². The lowest BCUT2D eigenvalue weighted by Crippen LogP contribution is -2.33. The van der Waals surface area contributed by atoms with Gasteiger partial charge >= 0.3 is 0 Å². The van der Waals surface area contributed by atoms with Gasteiger partial charge in [-0.15, -0.1) is 0 Å². The summed E-state index contributed by atoms with van der Waals surface area (Å²) in [5.74, 6) is 1.46. The van der Waals surface area contributed by atoms with Crippen LogP contribution in [0.5, 0.6) is 0 Å². The van der Waals surface area contributed by atoms with E-state index >= 15 is 0 Å². The van der Waals surface area contributed by atoms with Gasteiger partial charge in [0.05, 0.1) is 11.0 Å². The summed E-state index contributed by atoms with van der Waals surface area (Å²) in [5, 5.41) is 3.14. The van der Waals surface area contributed by atoms with E-state index in [4.69, 9.17) is 4.98 Å². The van der Waals surface area contributed by atoms with E-state index in [1.165, 1.54) is 24.8 Å². The van der Waals surface area contributed by atoms with Crippen LogP contribution in [0.25, 0.3) is 11.0 Å². The molecular formula is C23H27N3O. The van der Waals surface area contributed by atoms with Crippen LogP contribution in [0.4, 0.5) is 0 Å². The summed E-state index contributed by atoms with van der Waals surface area (Å²) in [6, 6.07) is 18.7. The Balaban J connectivity index is 1.47. The Kier molecular flexibility index (Phi) is 5.52. The van der Waals surface area contributed by atoms with Crippen LogP contribution >= 0.6 is 0 Å². The van der Waals surface area contributed by atoms with E-state index in [2.05, 4.69) is 52.3 Å². The van der Waals surface area contributed by atoms with Gasteiger partial charge in [-0.3, -0.25) is 4.79 Å². The first-order chi connectivity index (χ1) is 13.3. The van der Waals surface area contributed by atoms with E-state index < -0.39 is 0 Å². The molecule has 1 heterocycles. The molecule has 27 heavy (non-hydrogen) atoms. The van der Waals surface area contributed by atoms with Crippen molar-refractivity contribution < 1.29 is 4.79 Å². The molecule has 0 aliphatic heterocycles. The summed E-state index contributed by atoms with van der Waals surface area (Å²) < 4.78 is 2.28. The number of imidazole rings is 1. The molecule has 0 saturated heterocycles. The third kappa shape index (κ3) is 4.21. The second-order valence-electron chi connectivity index (χ2n) is 7.46. The molecule has 1 fully saturated rings. The van der Waals surface area contributed by atoms with E-state index in [-0.39, 0.29) is 11.8 Å². The molecule has 0 atom stereocenters. The number of carbonyl (C=O) groups is 1. The molecule has 1 N–H and O–H groups in total. The van der Waals surface area contributed by atoms with E-state index in [0.717, 1.165) is 42.7 Å². The number of hydrogen-bond donors (Lipinski definition) is 1. The number of carbonyl (C=O) groups excluding carboxylic acids is 1. The standard InChI is InChI=1S/C23H27N3O/c27-23(19-11-5-2-6-12-19)24-16-15-22-25-20-13-7-8-14-21(20)26(22)17-18-9-3-1-4-10-18/h1,3-4,7-10,13-14,19H,2,5-6,11-12,15-17H2,(H,24,27). The average Bonchev–Trinajstić information content (AvgIpc) is 3.07. The number of para-hydroxylation sites is 2. The van der Waals surface area contributed by atoms with Crippen molar-refractivity contribution in [2.24, 2.45) is 5.92 Å². The molecular weight excluding hydrogens is 334 g/mol. The van der Waals surface area contributed by atoms with Gasteiger partial charge in [0.15, 0.2) is 0 Å². The van der Waals surface area contributed by atoms with Gasteiger partial charge in [0.1, 0.15) is 5.82 Å². The molecule has 4 heteroatoms. The Bertz CT molecular complexity index is 894. The maximum absolute atomic E-state index is 12.4. The van der Waals surface area contributed by atoms with E-state index in [1.54, 1.807) is 0 Å². The maximum Gasteiger partial charge on any atom is 0.223 e. The van der Waals surface area contributed by atoms with E-state index in [0.29, 0.717) is 6.54 Å². The zero-order valence-electron chi connectivity index (χ0n) is 15.7. The number of fused-ring (bicyclic) bond motifs is 1. The Morgan fingerprint density at radius 1 is 1.00 bits per heavy atom. The van der Waals surface area contributed by atoms with Crippen molar-refractivity contribution in [3.63, 3.8) is 0 Å². The molecule has 140 valence electrons. The van der Waals surface area contributed by atoms with Crippen molar-refractivity contribution in [2.45, 2.75) is 45.1 Å². The van der Waals surface area contributed by atoms with Gasteiger partial charge in [-0.1, -0.05) is 61.7 Å². The summed E-state index contributed by atoms with van der Waals surface area (Å²) >= 11 is 0. The largest absolute Gasteiger partial charge is 0.355 e. The van der Waals surface area contributed by atoms with Gasteiger partial charge in [-0.05, 0) is 30.5 Å². The number of hydrogen-bond acceptors (Lipinski definition) is 2. The van der Waals surface area contributed by atoms with Gasteiger partial charge in [0, 0.05) is 25.4 Å². The summed E-state index contributed by atoms with van der Waals surface area (Å²) in [6.45, 7) is 1.45. The lowest BCUT2D eigenvalue weighted by molar-refractivity contribution is -0.125. The van der Waals surface area contributed by atoms with Crippen molar-refractivity contribution in [1.82, 2.24) is 14.9 Å². The molecule has 0 unspecified atom stereocenters. The summed E-state index contributed by atoms with van der Waals surface area (Å²) in [7, 11) is 0. The molecule has 0 radical (unpaired) electrons. The quantitative estimate of drug-likeness (QED) is 0.710. The number of benzene rings is 2. The molecule has 4 nitrogen and oxygen atoms in total. The van der Waals surface area contributed by atoms with E-state index in [9.17, 15) is 4.79 Å². The van der Waals surface area contributed by atoms with Gasteiger partial charge in [-0.25, -0.2) is 4.98 Å². The van der Waals surface area contributed by atoms with Gasteiger partial charge in [0.2, 0.25) is 5.91 Å². The predicted molar refractivity (Wildman–Crippen MR) is 109 cm³/mol. The number of rotatable bonds is 6. The maximum atomic E-state index is 12.4. The minimum absolute atomic E-state index is 0.210. The van der Waals surface area contributed by atoms with Crippen molar-refractivity contribution in [2.75, 3.05) is 6.54 Å². The summed E-state index contributed by atoms with van der Waals surface area (Å²) in [4.78, 5) is 17.2. The van der Waals surface area contributed by atoms with Crippen molar-refractivity contribution in [3.05, 3.63) is 66.0 Å². The SMILES string of the molecule is O=C(NCCc1nc2ccccc2n1Cc1ccccc1)C1CCCCC1. The molecule has 1 amide bonds. The van der Waals surface area contributed by atoms with E-state index in [1.807, 2.05) is 12.1 Å². The third-order valence-electron chi connectivity index (χ3n) is 5.54. The fourth-order valence-corrected chi connectivity index (χ4v) is 4.07. The molecule has 0 bridgehead atoms. The first-order valence-corrected chi connectivity index (χ1v) is 10.1. The number of aromatic nitrogens is 2. The smallest absolute Gasteiger partial charge is 0.223 e. The van der Waals surface area contributed by atoms with Gasteiger partial charge in [0.25, 0.3) is 0 Å². The highest BCUT2D eigenvalue weighted by atomic mass is 16.1.